The average Bonchev–Trinajstić information content (AvgIpc) is 2.91. The Morgan fingerprint density at radius 2 is 1.53 bits per heavy atom. The molecule has 1 atom stereocenters. The molecule has 6 nitrogen and oxygen atoms in total. The van der Waals surface area contributed by atoms with Gasteiger partial charge in [0.15, 0.2) is 11.5 Å². The molecule has 3 aromatic rings. The first kappa shape index (κ1) is 28.7. The summed E-state index contributed by atoms with van der Waals surface area (Å²) in [6.07, 6.45) is 1.25. The molecule has 0 radical (unpaired) electrons. The summed E-state index contributed by atoms with van der Waals surface area (Å²) in [6, 6.07) is 20.2. The highest BCUT2D eigenvalue weighted by molar-refractivity contribution is 5.88. The van der Waals surface area contributed by atoms with Crippen LogP contribution in [0.5, 0.6) is 11.5 Å². The zero-order chi connectivity index (χ0) is 27.5. The SMILES string of the molecule is COc1ccc(CC(=O)N(Cc2ccc(F)cc2)[C@H](Cc2ccccc2)C(=O)NCCC(C)C)cc1OC. The van der Waals surface area contributed by atoms with Crippen LogP contribution in [0.4, 0.5) is 4.39 Å². The lowest BCUT2D eigenvalue weighted by molar-refractivity contribution is -0.140. The van der Waals surface area contributed by atoms with Crippen molar-refractivity contribution in [1.82, 2.24) is 10.2 Å². The van der Waals surface area contributed by atoms with Crippen LogP contribution in [0.2, 0.25) is 0 Å². The minimum atomic E-state index is -0.748. The Kier molecular flexibility index (Phi) is 10.7. The standard InChI is InChI=1S/C31H37FN2O4/c1-22(2)16-17-33-31(36)27(18-23-8-6-5-7-9-23)34(21-24-10-13-26(32)14-11-24)30(35)20-25-12-15-28(37-3)29(19-25)38-4/h5-15,19,22,27H,16-18,20-21H2,1-4H3,(H,33,36)/t27-/m1/s1. The van der Waals surface area contributed by atoms with Crippen LogP contribution in [0.25, 0.3) is 0 Å². The van der Waals surface area contributed by atoms with Crippen molar-refractivity contribution in [1.29, 1.82) is 0 Å². The zero-order valence-electron chi connectivity index (χ0n) is 22.6. The molecule has 0 aliphatic heterocycles. The first-order valence-electron chi connectivity index (χ1n) is 12.9. The Labute approximate surface area is 224 Å². The molecule has 3 aromatic carbocycles. The summed E-state index contributed by atoms with van der Waals surface area (Å²) in [4.78, 5) is 29.0. The number of methoxy groups -OCH3 is 2. The van der Waals surface area contributed by atoms with Gasteiger partial charge in [0.1, 0.15) is 11.9 Å². The number of hydrogen-bond donors (Lipinski definition) is 1. The molecule has 7 heteroatoms. The summed E-state index contributed by atoms with van der Waals surface area (Å²) in [6.45, 7) is 4.89. The van der Waals surface area contributed by atoms with E-state index in [1.807, 2.05) is 36.4 Å². The number of benzene rings is 3. The molecule has 0 aliphatic rings. The second-order valence-electron chi connectivity index (χ2n) is 9.69. The highest BCUT2D eigenvalue weighted by Gasteiger charge is 2.30. The van der Waals surface area contributed by atoms with Crippen LogP contribution in [0, 0.1) is 11.7 Å². The first-order chi connectivity index (χ1) is 18.3. The van der Waals surface area contributed by atoms with Gasteiger partial charge in [0.05, 0.1) is 20.6 Å². The Balaban J connectivity index is 1.95. The molecule has 3 rings (SSSR count). The molecule has 0 saturated carbocycles. The molecule has 0 saturated heterocycles. The van der Waals surface area contributed by atoms with E-state index in [1.165, 1.54) is 12.1 Å². The number of hydrogen-bond acceptors (Lipinski definition) is 4. The summed E-state index contributed by atoms with van der Waals surface area (Å²) >= 11 is 0. The highest BCUT2D eigenvalue weighted by atomic mass is 19.1. The van der Waals surface area contributed by atoms with E-state index < -0.39 is 6.04 Å². The maximum atomic E-state index is 13.9. The topological polar surface area (TPSA) is 67.9 Å². The van der Waals surface area contributed by atoms with Gasteiger partial charge in [-0.25, -0.2) is 4.39 Å². The van der Waals surface area contributed by atoms with Crippen molar-refractivity contribution in [3.8, 4) is 11.5 Å². The normalized spacial score (nSPS) is 11.6. The van der Waals surface area contributed by atoms with Crippen LogP contribution in [0.15, 0.2) is 72.8 Å². The van der Waals surface area contributed by atoms with Gasteiger partial charge in [0.2, 0.25) is 11.8 Å². The van der Waals surface area contributed by atoms with Crippen LogP contribution < -0.4 is 14.8 Å². The van der Waals surface area contributed by atoms with Crippen LogP contribution in [0.1, 0.15) is 37.0 Å². The van der Waals surface area contributed by atoms with E-state index in [9.17, 15) is 14.0 Å². The fourth-order valence-corrected chi connectivity index (χ4v) is 4.21. The molecule has 0 unspecified atom stereocenters. The third-order valence-electron chi connectivity index (χ3n) is 6.36. The predicted molar refractivity (Wildman–Crippen MR) is 147 cm³/mol. The molecule has 202 valence electrons. The van der Waals surface area contributed by atoms with Gasteiger partial charge in [-0.1, -0.05) is 62.4 Å². The van der Waals surface area contributed by atoms with E-state index in [0.29, 0.717) is 30.4 Å². The van der Waals surface area contributed by atoms with Crippen molar-refractivity contribution in [2.75, 3.05) is 20.8 Å². The van der Waals surface area contributed by atoms with Gasteiger partial charge in [-0.15, -0.1) is 0 Å². The number of carbonyl (C=O) groups excluding carboxylic acids is 2. The molecule has 1 N–H and O–H groups in total. The van der Waals surface area contributed by atoms with E-state index in [2.05, 4.69) is 19.2 Å². The molecule has 38 heavy (non-hydrogen) atoms. The van der Waals surface area contributed by atoms with Gasteiger partial charge in [-0.05, 0) is 53.3 Å². The molecule has 0 aromatic heterocycles. The quantitative estimate of drug-likeness (QED) is 0.337. The number of rotatable bonds is 13. The molecule has 0 heterocycles. The van der Waals surface area contributed by atoms with Crippen molar-refractivity contribution in [2.24, 2.45) is 5.92 Å². The summed E-state index contributed by atoms with van der Waals surface area (Å²) < 4.78 is 24.3. The third kappa shape index (κ3) is 8.33. The van der Waals surface area contributed by atoms with Crippen LogP contribution in [-0.4, -0.2) is 43.5 Å². The zero-order valence-corrected chi connectivity index (χ0v) is 22.6. The summed E-state index contributed by atoms with van der Waals surface area (Å²) in [7, 11) is 3.10. The van der Waals surface area contributed by atoms with Crippen molar-refractivity contribution < 1.29 is 23.5 Å². The van der Waals surface area contributed by atoms with E-state index in [-0.39, 0.29) is 30.6 Å². The predicted octanol–water partition coefficient (Wildman–Crippen LogP) is 5.19. The molecular formula is C31H37FN2O4. The fraction of sp³-hybridized carbons (Fsp3) is 0.355. The Bertz CT molecular complexity index is 1180. The number of amides is 2. The minimum absolute atomic E-state index is 0.0616. The number of carbonyl (C=O) groups is 2. The molecular weight excluding hydrogens is 483 g/mol. The lowest BCUT2D eigenvalue weighted by atomic mass is 10.0. The van der Waals surface area contributed by atoms with E-state index in [4.69, 9.17) is 9.47 Å². The number of halogens is 1. The smallest absolute Gasteiger partial charge is 0.243 e. The van der Waals surface area contributed by atoms with Crippen LogP contribution >= 0.6 is 0 Å². The van der Waals surface area contributed by atoms with Crippen LogP contribution in [-0.2, 0) is 29.0 Å². The van der Waals surface area contributed by atoms with Crippen molar-refractivity contribution in [3.05, 3.63) is 95.3 Å². The number of nitrogens with zero attached hydrogens (tertiary/aromatic N) is 1. The van der Waals surface area contributed by atoms with Gasteiger partial charge in [-0.2, -0.15) is 0 Å². The Morgan fingerprint density at radius 3 is 2.16 bits per heavy atom. The average molecular weight is 521 g/mol. The van der Waals surface area contributed by atoms with Crippen molar-refractivity contribution >= 4 is 11.8 Å². The molecule has 0 aliphatic carbocycles. The van der Waals surface area contributed by atoms with Gasteiger partial charge >= 0.3 is 0 Å². The summed E-state index contributed by atoms with van der Waals surface area (Å²) in [5.41, 5.74) is 2.41. The minimum Gasteiger partial charge on any atom is -0.493 e. The number of ether oxygens (including phenoxy) is 2. The molecule has 0 bridgehead atoms. The van der Waals surface area contributed by atoms with Gasteiger partial charge in [0.25, 0.3) is 0 Å². The fourth-order valence-electron chi connectivity index (χ4n) is 4.21. The molecule has 0 spiro atoms. The highest BCUT2D eigenvalue weighted by Crippen LogP contribution is 2.28. The second kappa shape index (κ2) is 14.2. The largest absolute Gasteiger partial charge is 0.493 e. The van der Waals surface area contributed by atoms with Gasteiger partial charge in [-0.3, -0.25) is 9.59 Å². The maximum absolute atomic E-state index is 13.9. The lowest BCUT2D eigenvalue weighted by Gasteiger charge is -2.32. The Morgan fingerprint density at radius 1 is 0.868 bits per heavy atom. The van der Waals surface area contributed by atoms with E-state index in [1.54, 1.807) is 43.4 Å². The monoisotopic (exact) mass is 520 g/mol. The maximum Gasteiger partial charge on any atom is 0.243 e. The summed E-state index contributed by atoms with van der Waals surface area (Å²) in [5.74, 6) is 0.737. The second-order valence-corrected chi connectivity index (χ2v) is 9.69. The third-order valence-corrected chi connectivity index (χ3v) is 6.36. The van der Waals surface area contributed by atoms with Crippen molar-refractivity contribution in [3.63, 3.8) is 0 Å². The van der Waals surface area contributed by atoms with E-state index in [0.717, 1.165) is 23.1 Å². The van der Waals surface area contributed by atoms with E-state index >= 15 is 0 Å². The lowest BCUT2D eigenvalue weighted by Crippen LogP contribution is -2.51. The Hall–Kier alpha value is -3.87. The first-order valence-corrected chi connectivity index (χ1v) is 12.9. The molecule has 0 fully saturated rings. The van der Waals surface area contributed by atoms with Crippen LogP contribution in [0.3, 0.4) is 0 Å². The number of nitrogens with one attached hydrogen (secondary N) is 1. The molecule has 2 amide bonds. The van der Waals surface area contributed by atoms with Gasteiger partial charge in [0, 0.05) is 19.5 Å². The summed E-state index contributed by atoms with van der Waals surface area (Å²) in [5, 5.41) is 3.03. The van der Waals surface area contributed by atoms with Gasteiger partial charge < -0.3 is 19.7 Å². The van der Waals surface area contributed by atoms with Crippen molar-refractivity contribution in [2.45, 2.75) is 45.7 Å².